The smallest absolute Gasteiger partial charge is 0.111 e. The summed E-state index contributed by atoms with van der Waals surface area (Å²) in [7, 11) is 0. The highest BCUT2D eigenvalue weighted by Gasteiger charge is 2.27. The molecule has 1 aromatic heterocycles. The van der Waals surface area contributed by atoms with E-state index >= 15 is 0 Å². The number of para-hydroxylation sites is 1. The number of hydrogen-bond donors (Lipinski definition) is 1. The molecule has 1 saturated heterocycles. The van der Waals surface area contributed by atoms with Gasteiger partial charge in [0.1, 0.15) is 5.01 Å². The van der Waals surface area contributed by atoms with E-state index in [1.165, 1.54) is 29.1 Å². The maximum atomic E-state index is 5.61. The van der Waals surface area contributed by atoms with Gasteiger partial charge in [0.25, 0.3) is 0 Å². The van der Waals surface area contributed by atoms with Crippen molar-refractivity contribution >= 4 is 21.6 Å². The summed E-state index contributed by atoms with van der Waals surface area (Å²) in [6, 6.07) is 8.94. The Morgan fingerprint density at radius 1 is 1.39 bits per heavy atom. The number of aromatic nitrogens is 1. The first kappa shape index (κ1) is 12.1. The molecule has 3 nitrogen and oxygen atoms in total. The molecule has 0 radical (unpaired) electrons. The minimum atomic E-state index is 0.522. The molecule has 1 fully saturated rings. The van der Waals surface area contributed by atoms with Crippen LogP contribution in [0.1, 0.15) is 30.3 Å². The molecule has 1 aliphatic heterocycles. The lowest BCUT2D eigenvalue weighted by Crippen LogP contribution is -2.25. The molecule has 1 aliphatic rings. The summed E-state index contributed by atoms with van der Waals surface area (Å²) >= 11 is 1.85. The third-order valence-corrected chi connectivity index (χ3v) is 4.75. The lowest BCUT2D eigenvalue weighted by atomic mass is 10.2. The van der Waals surface area contributed by atoms with E-state index in [0.29, 0.717) is 6.04 Å². The minimum Gasteiger partial charge on any atom is -0.330 e. The number of hydrogen-bond acceptors (Lipinski definition) is 4. The zero-order valence-electron chi connectivity index (χ0n) is 10.5. The molecule has 1 unspecified atom stereocenters. The third kappa shape index (κ3) is 2.28. The molecule has 1 aromatic carbocycles. The van der Waals surface area contributed by atoms with E-state index < -0.39 is 0 Å². The second-order valence-corrected chi connectivity index (χ2v) is 5.92. The second kappa shape index (κ2) is 5.34. The highest BCUT2D eigenvalue weighted by molar-refractivity contribution is 7.18. The fraction of sp³-hybridized carbons (Fsp3) is 0.500. The molecule has 0 bridgehead atoms. The summed E-state index contributed by atoms with van der Waals surface area (Å²) in [6.45, 7) is 3.08. The standard InChI is InChI=1S/C14H19N3S/c15-8-4-10-17-9-3-6-12(17)14-16-11-5-1-2-7-13(11)18-14/h1-2,5,7,12H,3-4,6,8-10,15H2. The van der Waals surface area contributed by atoms with E-state index in [-0.39, 0.29) is 0 Å². The Kier molecular flexibility index (Phi) is 3.59. The molecule has 3 rings (SSSR count). The van der Waals surface area contributed by atoms with Gasteiger partial charge in [-0.2, -0.15) is 0 Å². The molecule has 2 aromatic rings. The number of thiazole rings is 1. The van der Waals surface area contributed by atoms with E-state index in [2.05, 4.69) is 29.2 Å². The van der Waals surface area contributed by atoms with Crippen molar-refractivity contribution in [1.29, 1.82) is 0 Å². The van der Waals surface area contributed by atoms with Gasteiger partial charge in [0.15, 0.2) is 0 Å². The molecule has 18 heavy (non-hydrogen) atoms. The Morgan fingerprint density at radius 3 is 3.11 bits per heavy atom. The average molecular weight is 261 g/mol. The van der Waals surface area contributed by atoms with E-state index in [1.807, 2.05) is 11.3 Å². The summed E-state index contributed by atoms with van der Waals surface area (Å²) < 4.78 is 1.30. The molecule has 2 heterocycles. The van der Waals surface area contributed by atoms with Crippen LogP contribution in [0.4, 0.5) is 0 Å². The average Bonchev–Trinajstić information content (AvgIpc) is 3.01. The molecular weight excluding hydrogens is 242 g/mol. The third-order valence-electron chi connectivity index (χ3n) is 3.61. The van der Waals surface area contributed by atoms with Crippen molar-refractivity contribution in [2.45, 2.75) is 25.3 Å². The molecule has 96 valence electrons. The van der Waals surface area contributed by atoms with E-state index in [4.69, 9.17) is 10.7 Å². The Bertz CT molecular complexity index is 489. The van der Waals surface area contributed by atoms with Crippen LogP contribution in [0.25, 0.3) is 10.2 Å². The molecule has 4 heteroatoms. The summed E-state index contributed by atoms with van der Waals surface area (Å²) in [5.41, 5.74) is 6.75. The zero-order valence-corrected chi connectivity index (χ0v) is 11.3. The fourth-order valence-corrected chi connectivity index (χ4v) is 3.84. The molecule has 0 aliphatic carbocycles. The summed E-state index contributed by atoms with van der Waals surface area (Å²) in [5.74, 6) is 0. The number of likely N-dealkylation sites (tertiary alicyclic amines) is 1. The Balaban J connectivity index is 1.84. The monoisotopic (exact) mass is 261 g/mol. The van der Waals surface area contributed by atoms with Crippen molar-refractivity contribution in [3.63, 3.8) is 0 Å². The van der Waals surface area contributed by atoms with Crippen LogP contribution in [0, 0.1) is 0 Å². The number of benzene rings is 1. The van der Waals surface area contributed by atoms with Crippen molar-refractivity contribution < 1.29 is 0 Å². The van der Waals surface area contributed by atoms with Crippen LogP contribution in [0.15, 0.2) is 24.3 Å². The van der Waals surface area contributed by atoms with Crippen LogP contribution in [-0.2, 0) is 0 Å². The molecule has 0 spiro atoms. The molecular formula is C14H19N3S. The van der Waals surface area contributed by atoms with E-state index in [1.54, 1.807) is 0 Å². The highest BCUT2D eigenvalue weighted by Crippen LogP contribution is 2.36. The minimum absolute atomic E-state index is 0.522. The van der Waals surface area contributed by atoms with E-state index in [0.717, 1.165) is 25.0 Å². The summed E-state index contributed by atoms with van der Waals surface area (Å²) in [6.07, 6.45) is 3.61. The van der Waals surface area contributed by atoms with Gasteiger partial charge >= 0.3 is 0 Å². The number of nitrogens with two attached hydrogens (primary N) is 1. The summed E-state index contributed by atoms with van der Waals surface area (Å²) in [4.78, 5) is 7.34. The van der Waals surface area contributed by atoms with Crippen molar-refractivity contribution in [2.75, 3.05) is 19.6 Å². The lowest BCUT2D eigenvalue weighted by Gasteiger charge is -2.22. The first-order valence-electron chi connectivity index (χ1n) is 6.68. The van der Waals surface area contributed by atoms with Crippen molar-refractivity contribution in [1.82, 2.24) is 9.88 Å². The topological polar surface area (TPSA) is 42.1 Å². The van der Waals surface area contributed by atoms with Crippen LogP contribution in [0.3, 0.4) is 0 Å². The SMILES string of the molecule is NCCCN1CCCC1c1nc2ccccc2s1. The molecule has 1 atom stereocenters. The van der Waals surface area contributed by atoms with Gasteiger partial charge in [0.05, 0.1) is 16.3 Å². The van der Waals surface area contributed by atoms with E-state index in [9.17, 15) is 0 Å². The van der Waals surface area contributed by atoms with Gasteiger partial charge in [-0.1, -0.05) is 12.1 Å². The van der Waals surface area contributed by atoms with Gasteiger partial charge in [-0.15, -0.1) is 11.3 Å². The van der Waals surface area contributed by atoms with Crippen molar-refractivity contribution in [3.8, 4) is 0 Å². The fourth-order valence-electron chi connectivity index (χ4n) is 2.70. The van der Waals surface area contributed by atoms with Gasteiger partial charge in [0, 0.05) is 6.54 Å². The predicted molar refractivity (Wildman–Crippen MR) is 76.8 cm³/mol. The first-order chi connectivity index (χ1) is 8.88. The maximum absolute atomic E-state index is 5.61. The number of fused-ring (bicyclic) bond motifs is 1. The van der Waals surface area contributed by atoms with Crippen molar-refractivity contribution in [3.05, 3.63) is 29.3 Å². The van der Waals surface area contributed by atoms with Gasteiger partial charge < -0.3 is 5.73 Å². The summed E-state index contributed by atoms with van der Waals surface area (Å²) in [5, 5.41) is 1.28. The quantitative estimate of drug-likeness (QED) is 0.920. The Hall–Kier alpha value is -0.970. The second-order valence-electron chi connectivity index (χ2n) is 4.86. The van der Waals surface area contributed by atoms with Gasteiger partial charge in [-0.25, -0.2) is 4.98 Å². The van der Waals surface area contributed by atoms with Crippen LogP contribution in [-0.4, -0.2) is 29.5 Å². The van der Waals surface area contributed by atoms with Gasteiger partial charge in [-0.05, 0) is 44.5 Å². The number of nitrogens with zero attached hydrogens (tertiary/aromatic N) is 2. The predicted octanol–water partition coefficient (Wildman–Crippen LogP) is 2.78. The first-order valence-corrected chi connectivity index (χ1v) is 7.50. The number of rotatable bonds is 4. The Morgan fingerprint density at radius 2 is 2.28 bits per heavy atom. The lowest BCUT2D eigenvalue weighted by molar-refractivity contribution is 0.255. The largest absolute Gasteiger partial charge is 0.330 e. The van der Waals surface area contributed by atoms with Crippen LogP contribution in [0.2, 0.25) is 0 Å². The molecule has 0 amide bonds. The zero-order chi connectivity index (χ0) is 12.4. The van der Waals surface area contributed by atoms with Crippen LogP contribution < -0.4 is 5.73 Å². The van der Waals surface area contributed by atoms with Gasteiger partial charge in [-0.3, -0.25) is 4.90 Å². The highest BCUT2D eigenvalue weighted by atomic mass is 32.1. The van der Waals surface area contributed by atoms with Crippen LogP contribution in [0.5, 0.6) is 0 Å². The normalized spacial score (nSPS) is 20.8. The van der Waals surface area contributed by atoms with Crippen molar-refractivity contribution in [2.24, 2.45) is 5.73 Å². The molecule has 2 N–H and O–H groups in total. The molecule has 0 saturated carbocycles. The maximum Gasteiger partial charge on any atom is 0.111 e. The van der Waals surface area contributed by atoms with Crippen LogP contribution >= 0.6 is 11.3 Å². The Labute approximate surface area is 112 Å². The van der Waals surface area contributed by atoms with Gasteiger partial charge in [0.2, 0.25) is 0 Å².